The van der Waals surface area contributed by atoms with Crippen LogP contribution in [0.1, 0.15) is 26.7 Å². The van der Waals surface area contributed by atoms with Crippen molar-refractivity contribution >= 4 is 17.5 Å². The Kier molecular flexibility index (Phi) is 5.81. The Morgan fingerprint density at radius 1 is 1.15 bits per heavy atom. The van der Waals surface area contributed by atoms with Crippen LogP contribution in [0.25, 0.3) is 0 Å². The van der Waals surface area contributed by atoms with E-state index in [-0.39, 0.29) is 17.9 Å². The SMILES string of the molecule is CC(C)(C(=O)NCC1CCCO1)C(=O)N1CCN(c2ccccc2)CC1. The van der Waals surface area contributed by atoms with Gasteiger partial charge in [-0.15, -0.1) is 0 Å². The summed E-state index contributed by atoms with van der Waals surface area (Å²) in [6.07, 6.45) is 2.09. The molecule has 2 aliphatic heterocycles. The molecule has 1 aromatic carbocycles. The zero-order valence-corrected chi connectivity index (χ0v) is 15.7. The van der Waals surface area contributed by atoms with E-state index in [0.29, 0.717) is 19.6 Å². The second kappa shape index (κ2) is 8.08. The van der Waals surface area contributed by atoms with E-state index in [1.54, 1.807) is 13.8 Å². The molecular formula is C20H29N3O3. The second-order valence-corrected chi connectivity index (χ2v) is 7.58. The lowest BCUT2D eigenvalue weighted by Gasteiger charge is -2.39. The van der Waals surface area contributed by atoms with Gasteiger partial charge in [0.15, 0.2) is 0 Å². The van der Waals surface area contributed by atoms with E-state index < -0.39 is 5.41 Å². The van der Waals surface area contributed by atoms with Crippen molar-refractivity contribution in [3.8, 4) is 0 Å². The molecule has 0 bridgehead atoms. The van der Waals surface area contributed by atoms with Crippen molar-refractivity contribution < 1.29 is 14.3 Å². The monoisotopic (exact) mass is 359 g/mol. The Morgan fingerprint density at radius 2 is 1.85 bits per heavy atom. The van der Waals surface area contributed by atoms with Crippen LogP contribution in [0.5, 0.6) is 0 Å². The van der Waals surface area contributed by atoms with Crippen LogP contribution >= 0.6 is 0 Å². The number of nitrogens with zero attached hydrogens (tertiary/aromatic N) is 2. The average molecular weight is 359 g/mol. The van der Waals surface area contributed by atoms with Crippen LogP contribution in [0.4, 0.5) is 5.69 Å². The normalized spacial score (nSPS) is 20.9. The third-order valence-corrected chi connectivity index (χ3v) is 5.30. The van der Waals surface area contributed by atoms with E-state index in [4.69, 9.17) is 4.74 Å². The minimum absolute atomic E-state index is 0.0827. The van der Waals surface area contributed by atoms with Crippen molar-refractivity contribution in [1.29, 1.82) is 0 Å². The smallest absolute Gasteiger partial charge is 0.237 e. The van der Waals surface area contributed by atoms with Gasteiger partial charge >= 0.3 is 0 Å². The number of piperazine rings is 1. The van der Waals surface area contributed by atoms with Crippen LogP contribution in [0.2, 0.25) is 0 Å². The zero-order chi connectivity index (χ0) is 18.6. The molecule has 1 atom stereocenters. The predicted molar refractivity (Wildman–Crippen MR) is 101 cm³/mol. The molecule has 0 aliphatic carbocycles. The van der Waals surface area contributed by atoms with Crippen LogP contribution in [-0.4, -0.2) is 62.1 Å². The van der Waals surface area contributed by atoms with Gasteiger partial charge in [-0.3, -0.25) is 9.59 Å². The molecule has 2 fully saturated rings. The molecule has 2 saturated heterocycles. The summed E-state index contributed by atoms with van der Waals surface area (Å²) in [7, 11) is 0. The molecule has 2 heterocycles. The van der Waals surface area contributed by atoms with Gasteiger partial charge < -0.3 is 19.9 Å². The average Bonchev–Trinajstić information content (AvgIpc) is 3.20. The van der Waals surface area contributed by atoms with Gasteiger partial charge in [0.1, 0.15) is 5.41 Å². The maximum Gasteiger partial charge on any atom is 0.237 e. The number of benzene rings is 1. The highest BCUT2D eigenvalue weighted by atomic mass is 16.5. The molecule has 0 radical (unpaired) electrons. The number of amides is 2. The first-order valence-corrected chi connectivity index (χ1v) is 9.48. The number of hydrogen-bond acceptors (Lipinski definition) is 4. The Balaban J connectivity index is 1.52. The van der Waals surface area contributed by atoms with Gasteiger partial charge in [-0.2, -0.15) is 0 Å². The number of para-hydroxylation sites is 1. The van der Waals surface area contributed by atoms with E-state index in [0.717, 1.165) is 32.5 Å². The Hall–Kier alpha value is -2.08. The number of carbonyl (C=O) groups is 2. The minimum Gasteiger partial charge on any atom is -0.376 e. The first kappa shape index (κ1) is 18.7. The number of nitrogens with one attached hydrogen (secondary N) is 1. The fourth-order valence-corrected chi connectivity index (χ4v) is 3.53. The van der Waals surface area contributed by atoms with Gasteiger partial charge in [0, 0.05) is 45.0 Å². The minimum atomic E-state index is -1.06. The lowest BCUT2D eigenvalue weighted by molar-refractivity contribution is -0.149. The first-order valence-electron chi connectivity index (χ1n) is 9.48. The van der Waals surface area contributed by atoms with Crippen molar-refractivity contribution in [2.75, 3.05) is 44.2 Å². The maximum atomic E-state index is 12.9. The molecule has 6 heteroatoms. The third kappa shape index (κ3) is 4.18. The van der Waals surface area contributed by atoms with Crippen molar-refractivity contribution in [2.45, 2.75) is 32.8 Å². The fourth-order valence-electron chi connectivity index (χ4n) is 3.53. The highest BCUT2D eigenvalue weighted by Crippen LogP contribution is 2.22. The number of ether oxygens (including phenoxy) is 1. The molecular weight excluding hydrogens is 330 g/mol. The summed E-state index contributed by atoms with van der Waals surface area (Å²) >= 11 is 0. The summed E-state index contributed by atoms with van der Waals surface area (Å²) in [4.78, 5) is 29.6. The van der Waals surface area contributed by atoms with Gasteiger partial charge in [-0.05, 0) is 38.8 Å². The molecule has 6 nitrogen and oxygen atoms in total. The molecule has 2 aliphatic rings. The molecule has 26 heavy (non-hydrogen) atoms. The molecule has 3 rings (SSSR count). The molecule has 1 unspecified atom stereocenters. The predicted octanol–water partition coefficient (Wildman–Crippen LogP) is 1.66. The first-order chi connectivity index (χ1) is 12.5. The van der Waals surface area contributed by atoms with Gasteiger partial charge in [0.2, 0.25) is 11.8 Å². The van der Waals surface area contributed by atoms with Gasteiger partial charge in [-0.1, -0.05) is 18.2 Å². The fraction of sp³-hybridized carbons (Fsp3) is 0.600. The molecule has 1 aromatic rings. The van der Waals surface area contributed by atoms with Crippen molar-refractivity contribution in [3.05, 3.63) is 30.3 Å². The summed E-state index contributed by atoms with van der Waals surface area (Å²) in [6, 6.07) is 10.2. The Morgan fingerprint density at radius 3 is 2.46 bits per heavy atom. The molecule has 0 spiro atoms. The highest BCUT2D eigenvalue weighted by Gasteiger charge is 2.40. The van der Waals surface area contributed by atoms with E-state index in [2.05, 4.69) is 22.3 Å². The van der Waals surface area contributed by atoms with Gasteiger partial charge in [-0.25, -0.2) is 0 Å². The summed E-state index contributed by atoms with van der Waals surface area (Å²) < 4.78 is 5.53. The van der Waals surface area contributed by atoms with Crippen LogP contribution < -0.4 is 10.2 Å². The standard InChI is InChI=1S/C20H29N3O3/c1-20(2,18(24)21-15-17-9-6-14-26-17)19(25)23-12-10-22(11-13-23)16-7-4-3-5-8-16/h3-5,7-8,17H,6,9-15H2,1-2H3,(H,21,24). The quantitative estimate of drug-likeness (QED) is 0.812. The number of rotatable bonds is 5. The number of hydrogen-bond donors (Lipinski definition) is 1. The number of carbonyl (C=O) groups excluding carboxylic acids is 2. The summed E-state index contributed by atoms with van der Waals surface area (Å²) in [6.45, 7) is 7.50. The maximum absolute atomic E-state index is 12.9. The molecule has 0 saturated carbocycles. The second-order valence-electron chi connectivity index (χ2n) is 7.58. The number of anilines is 1. The van der Waals surface area contributed by atoms with Crippen molar-refractivity contribution in [1.82, 2.24) is 10.2 Å². The summed E-state index contributed by atoms with van der Waals surface area (Å²) in [5, 5.41) is 2.90. The Labute approximate surface area is 155 Å². The zero-order valence-electron chi connectivity index (χ0n) is 15.7. The third-order valence-electron chi connectivity index (χ3n) is 5.30. The summed E-state index contributed by atoms with van der Waals surface area (Å²) in [5.74, 6) is -0.321. The van der Waals surface area contributed by atoms with Crippen molar-refractivity contribution in [2.24, 2.45) is 5.41 Å². The van der Waals surface area contributed by atoms with E-state index >= 15 is 0 Å². The van der Waals surface area contributed by atoms with E-state index in [1.807, 2.05) is 23.1 Å². The molecule has 0 aromatic heterocycles. The topological polar surface area (TPSA) is 61.9 Å². The lowest BCUT2D eigenvalue weighted by Crippen LogP contribution is -2.56. The van der Waals surface area contributed by atoms with Crippen LogP contribution in [0.15, 0.2) is 30.3 Å². The van der Waals surface area contributed by atoms with E-state index in [9.17, 15) is 9.59 Å². The molecule has 1 N–H and O–H groups in total. The highest BCUT2D eigenvalue weighted by molar-refractivity contribution is 6.04. The summed E-state index contributed by atoms with van der Waals surface area (Å²) in [5.41, 5.74) is 0.112. The molecule has 142 valence electrons. The van der Waals surface area contributed by atoms with Crippen molar-refractivity contribution in [3.63, 3.8) is 0 Å². The molecule has 2 amide bonds. The van der Waals surface area contributed by atoms with Crippen LogP contribution in [-0.2, 0) is 14.3 Å². The lowest BCUT2D eigenvalue weighted by atomic mass is 9.89. The largest absolute Gasteiger partial charge is 0.376 e. The Bertz CT molecular complexity index is 618. The van der Waals surface area contributed by atoms with Gasteiger partial charge in [0.25, 0.3) is 0 Å². The van der Waals surface area contributed by atoms with Crippen LogP contribution in [0, 0.1) is 5.41 Å². The van der Waals surface area contributed by atoms with E-state index in [1.165, 1.54) is 5.69 Å². The van der Waals surface area contributed by atoms with Crippen LogP contribution in [0.3, 0.4) is 0 Å². The van der Waals surface area contributed by atoms with Gasteiger partial charge in [0.05, 0.1) is 6.10 Å².